The van der Waals surface area contributed by atoms with Crippen LogP contribution < -0.4 is 5.32 Å². The smallest absolute Gasteiger partial charge is 0.219 e. The van der Waals surface area contributed by atoms with Crippen LogP contribution in [0.2, 0.25) is 0 Å². The van der Waals surface area contributed by atoms with Crippen molar-refractivity contribution < 1.29 is 4.79 Å². The van der Waals surface area contributed by atoms with Gasteiger partial charge < -0.3 is 5.32 Å². The van der Waals surface area contributed by atoms with E-state index in [1.165, 1.54) is 32.1 Å². The largest absolute Gasteiger partial charge is 0.359 e. The van der Waals surface area contributed by atoms with Gasteiger partial charge in [0.05, 0.1) is 0 Å². The second-order valence-electron chi connectivity index (χ2n) is 3.19. The standard InChI is InChI=1S/C10H21NO.2C2H6/c1-3-4-5-6-7-8-9-10(12)11-2;2*1-2/h3-9H2,1-2H3,(H,11,12);2*1-2H3. The summed E-state index contributed by atoms with van der Waals surface area (Å²) < 4.78 is 0. The topological polar surface area (TPSA) is 29.1 Å². The van der Waals surface area contributed by atoms with Gasteiger partial charge in [-0.1, -0.05) is 66.7 Å². The first-order valence-corrected chi connectivity index (χ1v) is 7.01. The van der Waals surface area contributed by atoms with Crippen molar-refractivity contribution in [1.29, 1.82) is 0 Å². The van der Waals surface area contributed by atoms with E-state index in [1.807, 2.05) is 27.7 Å². The second kappa shape index (κ2) is 24.0. The Bertz CT molecular complexity index is 113. The number of amides is 1. The van der Waals surface area contributed by atoms with Crippen molar-refractivity contribution in [3.8, 4) is 0 Å². The molecule has 0 bridgehead atoms. The number of carbonyl (C=O) groups excluding carboxylic acids is 1. The number of rotatable bonds is 7. The van der Waals surface area contributed by atoms with Crippen LogP contribution in [0.5, 0.6) is 0 Å². The number of unbranched alkanes of at least 4 members (excludes halogenated alkanes) is 5. The molecule has 0 heterocycles. The van der Waals surface area contributed by atoms with E-state index in [0.717, 1.165) is 6.42 Å². The highest BCUT2D eigenvalue weighted by molar-refractivity contribution is 5.75. The maximum Gasteiger partial charge on any atom is 0.219 e. The molecule has 2 nitrogen and oxygen atoms in total. The average Bonchev–Trinajstić information content (AvgIpc) is 2.38. The average molecular weight is 231 g/mol. The van der Waals surface area contributed by atoms with E-state index in [-0.39, 0.29) is 5.91 Å². The Labute approximate surface area is 103 Å². The van der Waals surface area contributed by atoms with E-state index in [2.05, 4.69) is 12.2 Å². The zero-order valence-electron chi connectivity index (χ0n) is 12.4. The van der Waals surface area contributed by atoms with Gasteiger partial charge in [0, 0.05) is 13.5 Å². The van der Waals surface area contributed by atoms with Gasteiger partial charge in [-0.05, 0) is 6.42 Å². The zero-order chi connectivity index (χ0) is 13.2. The van der Waals surface area contributed by atoms with Crippen LogP contribution in [-0.4, -0.2) is 13.0 Å². The van der Waals surface area contributed by atoms with Gasteiger partial charge in [0.2, 0.25) is 5.91 Å². The van der Waals surface area contributed by atoms with Crippen LogP contribution in [0.25, 0.3) is 0 Å². The molecule has 0 rings (SSSR count). The van der Waals surface area contributed by atoms with Gasteiger partial charge in [0.1, 0.15) is 0 Å². The first-order chi connectivity index (χ1) is 7.81. The first-order valence-electron chi connectivity index (χ1n) is 7.01. The van der Waals surface area contributed by atoms with Crippen LogP contribution in [0.3, 0.4) is 0 Å². The zero-order valence-corrected chi connectivity index (χ0v) is 12.4. The third kappa shape index (κ3) is 23.4. The van der Waals surface area contributed by atoms with Crippen molar-refractivity contribution >= 4 is 5.91 Å². The molecule has 0 aromatic rings. The quantitative estimate of drug-likeness (QED) is 0.641. The van der Waals surface area contributed by atoms with E-state index < -0.39 is 0 Å². The van der Waals surface area contributed by atoms with Gasteiger partial charge in [-0.15, -0.1) is 0 Å². The maximum absolute atomic E-state index is 10.8. The summed E-state index contributed by atoms with van der Waals surface area (Å²) >= 11 is 0. The molecule has 100 valence electrons. The van der Waals surface area contributed by atoms with Crippen molar-refractivity contribution in [2.45, 2.75) is 79.6 Å². The normalized spacial score (nSPS) is 8.12. The molecule has 2 heteroatoms. The van der Waals surface area contributed by atoms with Gasteiger partial charge >= 0.3 is 0 Å². The molecule has 0 atom stereocenters. The molecule has 0 aliphatic heterocycles. The number of hydrogen-bond acceptors (Lipinski definition) is 1. The molecular weight excluding hydrogens is 198 g/mol. The van der Waals surface area contributed by atoms with Crippen LogP contribution in [0.4, 0.5) is 0 Å². The molecular formula is C14H33NO. The minimum atomic E-state index is 0.172. The minimum absolute atomic E-state index is 0.172. The van der Waals surface area contributed by atoms with Gasteiger partial charge in [-0.2, -0.15) is 0 Å². The molecule has 0 radical (unpaired) electrons. The SMILES string of the molecule is CC.CC.CCCCCCCCC(=O)NC. The lowest BCUT2D eigenvalue weighted by molar-refractivity contribution is -0.120. The summed E-state index contributed by atoms with van der Waals surface area (Å²) in [6, 6.07) is 0. The molecule has 0 aliphatic carbocycles. The third-order valence-corrected chi connectivity index (χ3v) is 2.04. The monoisotopic (exact) mass is 231 g/mol. The van der Waals surface area contributed by atoms with E-state index in [1.54, 1.807) is 7.05 Å². The van der Waals surface area contributed by atoms with Gasteiger partial charge in [0.25, 0.3) is 0 Å². The van der Waals surface area contributed by atoms with E-state index in [9.17, 15) is 4.79 Å². The van der Waals surface area contributed by atoms with Crippen LogP contribution in [0, 0.1) is 0 Å². The molecule has 1 amide bonds. The predicted molar refractivity (Wildman–Crippen MR) is 74.8 cm³/mol. The number of nitrogens with one attached hydrogen (secondary N) is 1. The molecule has 0 fully saturated rings. The Morgan fingerprint density at radius 2 is 1.31 bits per heavy atom. The highest BCUT2D eigenvalue weighted by atomic mass is 16.1. The lowest BCUT2D eigenvalue weighted by Gasteiger charge is -1.99. The predicted octanol–water partition coefficient (Wildman–Crippen LogP) is 4.54. The molecule has 1 N–H and O–H groups in total. The van der Waals surface area contributed by atoms with Crippen molar-refractivity contribution in [2.75, 3.05) is 7.05 Å². The van der Waals surface area contributed by atoms with Crippen LogP contribution in [0.15, 0.2) is 0 Å². The fraction of sp³-hybridized carbons (Fsp3) is 0.929. The molecule has 0 aromatic heterocycles. The first kappa shape index (κ1) is 20.8. The summed E-state index contributed by atoms with van der Waals surface area (Å²) in [6.07, 6.45) is 8.17. The molecule has 0 saturated heterocycles. The number of hydrogen-bond donors (Lipinski definition) is 1. The van der Waals surface area contributed by atoms with E-state index in [0.29, 0.717) is 6.42 Å². The Kier molecular flexibility index (Phi) is 31.2. The molecule has 16 heavy (non-hydrogen) atoms. The van der Waals surface area contributed by atoms with Crippen LogP contribution in [0.1, 0.15) is 79.6 Å². The third-order valence-electron chi connectivity index (χ3n) is 2.04. The molecule has 0 unspecified atom stereocenters. The lowest BCUT2D eigenvalue weighted by atomic mass is 10.1. The van der Waals surface area contributed by atoms with Crippen molar-refractivity contribution in [2.24, 2.45) is 0 Å². The van der Waals surface area contributed by atoms with E-state index in [4.69, 9.17) is 0 Å². The summed E-state index contributed by atoms with van der Waals surface area (Å²) in [4.78, 5) is 10.8. The summed E-state index contributed by atoms with van der Waals surface area (Å²) in [5, 5.41) is 2.63. The Balaban J connectivity index is -0.000000376. The Hall–Kier alpha value is -0.530. The van der Waals surface area contributed by atoms with Crippen molar-refractivity contribution in [1.82, 2.24) is 5.32 Å². The number of carbonyl (C=O) groups is 1. The van der Waals surface area contributed by atoms with Gasteiger partial charge in [-0.3, -0.25) is 4.79 Å². The highest BCUT2D eigenvalue weighted by Crippen LogP contribution is 2.06. The Morgan fingerprint density at radius 1 is 0.875 bits per heavy atom. The summed E-state index contributed by atoms with van der Waals surface area (Å²) in [5.41, 5.74) is 0. The summed E-state index contributed by atoms with van der Waals surface area (Å²) in [5.74, 6) is 0.172. The van der Waals surface area contributed by atoms with Crippen molar-refractivity contribution in [3.05, 3.63) is 0 Å². The van der Waals surface area contributed by atoms with Gasteiger partial charge in [0.15, 0.2) is 0 Å². The Morgan fingerprint density at radius 3 is 1.75 bits per heavy atom. The molecule has 0 aliphatic rings. The summed E-state index contributed by atoms with van der Waals surface area (Å²) in [6.45, 7) is 10.2. The van der Waals surface area contributed by atoms with Crippen molar-refractivity contribution in [3.63, 3.8) is 0 Å². The minimum Gasteiger partial charge on any atom is -0.359 e. The molecule has 0 aromatic carbocycles. The lowest BCUT2D eigenvalue weighted by Crippen LogP contribution is -2.16. The van der Waals surface area contributed by atoms with Crippen LogP contribution >= 0.6 is 0 Å². The van der Waals surface area contributed by atoms with Crippen LogP contribution in [-0.2, 0) is 4.79 Å². The highest BCUT2D eigenvalue weighted by Gasteiger charge is 1.96. The second-order valence-corrected chi connectivity index (χ2v) is 3.19. The summed E-state index contributed by atoms with van der Waals surface area (Å²) in [7, 11) is 1.69. The fourth-order valence-corrected chi connectivity index (χ4v) is 1.19. The molecule has 0 spiro atoms. The maximum atomic E-state index is 10.8. The van der Waals surface area contributed by atoms with E-state index >= 15 is 0 Å². The van der Waals surface area contributed by atoms with Gasteiger partial charge in [-0.25, -0.2) is 0 Å². The molecule has 0 saturated carbocycles. The fourth-order valence-electron chi connectivity index (χ4n) is 1.19.